The summed E-state index contributed by atoms with van der Waals surface area (Å²) in [5.41, 5.74) is 0. The van der Waals surface area contributed by atoms with Gasteiger partial charge in [0, 0.05) is 45.2 Å². The minimum Gasteiger partial charge on any atom is -0.376 e. The van der Waals surface area contributed by atoms with E-state index in [2.05, 4.69) is 58.8 Å². The SMILES string of the molecule is CC(C)CNC(=NCC(=O)N(C)C)NCC(c1cccs1)N1CCOC(C)C1.I. The Balaban J connectivity index is 0.00000420. The van der Waals surface area contributed by atoms with E-state index in [1.807, 2.05) is 0 Å². The predicted octanol–water partition coefficient (Wildman–Crippen LogP) is 2.41. The highest BCUT2D eigenvalue weighted by Crippen LogP contribution is 2.26. The first-order chi connectivity index (χ1) is 13.4. The van der Waals surface area contributed by atoms with E-state index in [4.69, 9.17) is 4.74 Å². The fourth-order valence-corrected chi connectivity index (χ4v) is 3.84. The zero-order valence-electron chi connectivity index (χ0n) is 18.2. The van der Waals surface area contributed by atoms with Gasteiger partial charge < -0.3 is 20.3 Å². The molecule has 1 aliphatic heterocycles. The number of nitrogens with one attached hydrogen (secondary N) is 2. The molecule has 166 valence electrons. The molecule has 2 heterocycles. The molecule has 0 aliphatic carbocycles. The van der Waals surface area contributed by atoms with Gasteiger partial charge >= 0.3 is 0 Å². The maximum absolute atomic E-state index is 11.9. The molecule has 0 spiro atoms. The first kappa shape index (κ1) is 26.1. The topological polar surface area (TPSA) is 69.2 Å². The van der Waals surface area contributed by atoms with Crippen LogP contribution in [0.2, 0.25) is 0 Å². The lowest BCUT2D eigenvalue weighted by molar-refractivity contribution is -0.127. The molecule has 7 nitrogen and oxygen atoms in total. The van der Waals surface area contributed by atoms with Gasteiger partial charge in [-0.15, -0.1) is 35.3 Å². The largest absolute Gasteiger partial charge is 0.376 e. The van der Waals surface area contributed by atoms with Gasteiger partial charge in [0.1, 0.15) is 6.54 Å². The third-order valence-electron chi connectivity index (χ3n) is 4.60. The number of amides is 1. The van der Waals surface area contributed by atoms with E-state index in [0.29, 0.717) is 11.9 Å². The monoisotopic (exact) mass is 537 g/mol. The molecule has 1 aromatic heterocycles. The van der Waals surface area contributed by atoms with Crippen LogP contribution in [0.4, 0.5) is 0 Å². The first-order valence-corrected chi connectivity index (χ1v) is 10.9. The van der Waals surface area contributed by atoms with E-state index < -0.39 is 0 Å². The van der Waals surface area contributed by atoms with Crippen molar-refractivity contribution < 1.29 is 9.53 Å². The molecule has 0 saturated carbocycles. The zero-order chi connectivity index (χ0) is 20.5. The number of guanidine groups is 1. The van der Waals surface area contributed by atoms with Crippen LogP contribution in [0.1, 0.15) is 31.7 Å². The molecule has 1 saturated heterocycles. The van der Waals surface area contributed by atoms with Crippen LogP contribution in [0.15, 0.2) is 22.5 Å². The number of carbonyl (C=O) groups excluding carboxylic acids is 1. The summed E-state index contributed by atoms with van der Waals surface area (Å²) in [5, 5.41) is 8.94. The number of thiophene rings is 1. The highest BCUT2D eigenvalue weighted by Gasteiger charge is 2.26. The number of morpholine rings is 1. The minimum atomic E-state index is -0.0116. The summed E-state index contributed by atoms with van der Waals surface area (Å²) in [7, 11) is 3.50. The standard InChI is InChI=1S/C20H35N5O2S.HI/c1-15(2)11-21-20(23-13-19(26)24(4)5)22-12-17(18-7-6-10-28-18)25-8-9-27-16(3)14-25;/h6-7,10,15-17H,8-9,11-14H2,1-5H3,(H2,21,22,23);1H. The number of rotatable bonds is 8. The summed E-state index contributed by atoms with van der Waals surface area (Å²) in [5.74, 6) is 1.17. The Morgan fingerprint density at radius 2 is 2.10 bits per heavy atom. The molecule has 1 aliphatic rings. The highest BCUT2D eigenvalue weighted by atomic mass is 127. The van der Waals surface area contributed by atoms with Crippen molar-refractivity contribution >= 4 is 47.2 Å². The summed E-state index contributed by atoms with van der Waals surface area (Å²) < 4.78 is 5.72. The molecule has 0 bridgehead atoms. The van der Waals surface area contributed by atoms with Gasteiger partial charge in [0.15, 0.2) is 5.96 Å². The fourth-order valence-electron chi connectivity index (χ4n) is 2.98. The molecular formula is C20H36IN5O2S. The summed E-state index contributed by atoms with van der Waals surface area (Å²) >= 11 is 1.77. The second-order valence-corrected chi connectivity index (χ2v) is 8.80. The van der Waals surface area contributed by atoms with E-state index in [1.165, 1.54) is 4.88 Å². The molecule has 1 fully saturated rings. The molecular weight excluding hydrogens is 501 g/mol. The Morgan fingerprint density at radius 1 is 1.38 bits per heavy atom. The molecule has 2 rings (SSSR count). The van der Waals surface area contributed by atoms with Crippen molar-refractivity contribution in [2.45, 2.75) is 32.9 Å². The maximum Gasteiger partial charge on any atom is 0.243 e. The normalized spacial score (nSPS) is 18.8. The lowest BCUT2D eigenvalue weighted by Crippen LogP contribution is -2.48. The number of halogens is 1. The van der Waals surface area contributed by atoms with Crippen molar-refractivity contribution in [1.82, 2.24) is 20.4 Å². The minimum absolute atomic E-state index is 0. The Labute approximate surface area is 196 Å². The van der Waals surface area contributed by atoms with Crippen molar-refractivity contribution in [3.8, 4) is 0 Å². The molecule has 9 heteroatoms. The zero-order valence-corrected chi connectivity index (χ0v) is 21.3. The number of nitrogens with zero attached hydrogens (tertiary/aromatic N) is 3. The van der Waals surface area contributed by atoms with E-state index in [-0.39, 0.29) is 48.6 Å². The lowest BCUT2D eigenvalue weighted by Gasteiger charge is -2.37. The van der Waals surface area contributed by atoms with Crippen LogP contribution in [-0.4, -0.2) is 81.2 Å². The van der Waals surface area contributed by atoms with Gasteiger partial charge in [-0.3, -0.25) is 9.69 Å². The van der Waals surface area contributed by atoms with E-state index in [9.17, 15) is 4.79 Å². The van der Waals surface area contributed by atoms with Crippen LogP contribution in [0.3, 0.4) is 0 Å². The Bertz CT molecular complexity index is 624. The van der Waals surface area contributed by atoms with Crippen molar-refractivity contribution in [3.05, 3.63) is 22.4 Å². The molecule has 2 unspecified atom stereocenters. The summed E-state index contributed by atoms with van der Waals surface area (Å²) in [6.07, 6.45) is 0.237. The van der Waals surface area contributed by atoms with Crippen LogP contribution >= 0.6 is 35.3 Å². The van der Waals surface area contributed by atoms with Gasteiger partial charge in [-0.25, -0.2) is 4.99 Å². The lowest BCUT2D eigenvalue weighted by atomic mass is 10.1. The molecule has 0 aromatic carbocycles. The van der Waals surface area contributed by atoms with Crippen LogP contribution < -0.4 is 10.6 Å². The third-order valence-corrected chi connectivity index (χ3v) is 5.57. The summed E-state index contributed by atoms with van der Waals surface area (Å²) in [6.45, 7) is 10.7. The third kappa shape index (κ3) is 9.18. The molecule has 0 radical (unpaired) electrons. The van der Waals surface area contributed by atoms with Crippen LogP contribution in [-0.2, 0) is 9.53 Å². The highest BCUT2D eigenvalue weighted by molar-refractivity contribution is 14.0. The summed E-state index contributed by atoms with van der Waals surface area (Å²) in [6, 6.07) is 4.53. The number of hydrogen-bond donors (Lipinski definition) is 2. The summed E-state index contributed by atoms with van der Waals surface area (Å²) in [4.78, 5) is 21.8. The molecule has 2 N–H and O–H groups in total. The number of ether oxygens (including phenoxy) is 1. The average molecular weight is 538 g/mol. The van der Waals surface area contributed by atoms with Gasteiger partial charge in [-0.2, -0.15) is 0 Å². The number of likely N-dealkylation sites (N-methyl/N-ethyl adjacent to an activating group) is 1. The quantitative estimate of drug-likeness (QED) is 0.303. The number of aliphatic imine (C=N–C) groups is 1. The number of hydrogen-bond acceptors (Lipinski definition) is 5. The van der Waals surface area contributed by atoms with Crippen LogP contribution in [0.25, 0.3) is 0 Å². The molecule has 2 atom stereocenters. The van der Waals surface area contributed by atoms with Crippen LogP contribution in [0.5, 0.6) is 0 Å². The van der Waals surface area contributed by atoms with Crippen molar-refractivity contribution in [2.75, 3.05) is 53.4 Å². The van der Waals surface area contributed by atoms with Crippen molar-refractivity contribution in [3.63, 3.8) is 0 Å². The molecule has 1 amide bonds. The molecule has 1 aromatic rings. The van der Waals surface area contributed by atoms with Gasteiger partial charge in [-0.1, -0.05) is 19.9 Å². The van der Waals surface area contributed by atoms with Crippen LogP contribution in [0, 0.1) is 5.92 Å². The van der Waals surface area contributed by atoms with Gasteiger partial charge in [0.25, 0.3) is 0 Å². The van der Waals surface area contributed by atoms with Crippen molar-refractivity contribution in [2.24, 2.45) is 10.9 Å². The van der Waals surface area contributed by atoms with E-state index in [1.54, 1.807) is 30.3 Å². The van der Waals surface area contributed by atoms with Gasteiger partial charge in [0.2, 0.25) is 5.91 Å². The van der Waals surface area contributed by atoms with Gasteiger partial charge in [-0.05, 0) is 24.3 Å². The fraction of sp³-hybridized carbons (Fsp3) is 0.700. The first-order valence-electron chi connectivity index (χ1n) is 9.98. The predicted molar refractivity (Wildman–Crippen MR) is 131 cm³/mol. The Kier molecular flexibility index (Phi) is 12.1. The smallest absolute Gasteiger partial charge is 0.243 e. The second-order valence-electron chi connectivity index (χ2n) is 7.82. The second kappa shape index (κ2) is 13.4. The Morgan fingerprint density at radius 3 is 2.69 bits per heavy atom. The van der Waals surface area contributed by atoms with E-state index in [0.717, 1.165) is 32.8 Å². The maximum atomic E-state index is 11.9. The Hall–Kier alpha value is -0.910. The number of carbonyl (C=O) groups is 1. The molecule has 29 heavy (non-hydrogen) atoms. The van der Waals surface area contributed by atoms with Crippen molar-refractivity contribution in [1.29, 1.82) is 0 Å². The average Bonchev–Trinajstić information content (AvgIpc) is 3.17. The van der Waals surface area contributed by atoms with Gasteiger partial charge in [0.05, 0.1) is 18.8 Å². The van der Waals surface area contributed by atoms with E-state index >= 15 is 0 Å².